The Kier molecular flexibility index (Phi) is 5.94. The van der Waals surface area contributed by atoms with E-state index in [-0.39, 0.29) is 11.7 Å². The molecule has 2 fully saturated rings. The van der Waals surface area contributed by atoms with Crippen molar-refractivity contribution in [1.29, 1.82) is 0 Å². The van der Waals surface area contributed by atoms with Crippen LogP contribution in [0.2, 0.25) is 5.02 Å². The monoisotopic (exact) mass is 377 g/mol. The lowest BCUT2D eigenvalue weighted by Crippen LogP contribution is -2.51. The number of hydrogen-bond acceptors (Lipinski definition) is 5. The standard InChI is InChI=1S/C19H24ClN3O3/c20-15-10-13(6-7-16(24)25)11-22-18(15)23-19(8-9-21-12-19)17(26)14-4-2-1-3-5-14/h6-7,10-11,14,21H,1-5,8-9,12H2,(H,22,23)(H,24,25)/t19-/m1/s1. The Bertz CT molecular complexity index is 708. The fourth-order valence-electron chi connectivity index (χ4n) is 3.86. The Labute approximate surface area is 158 Å². The van der Waals surface area contributed by atoms with Crippen molar-refractivity contribution in [3.05, 3.63) is 28.9 Å². The van der Waals surface area contributed by atoms with Gasteiger partial charge in [0, 0.05) is 24.7 Å². The number of rotatable bonds is 6. The van der Waals surface area contributed by atoms with Gasteiger partial charge >= 0.3 is 5.97 Å². The first kappa shape index (κ1) is 18.9. The highest BCUT2D eigenvalue weighted by atomic mass is 35.5. The van der Waals surface area contributed by atoms with Crippen molar-refractivity contribution in [3.63, 3.8) is 0 Å². The van der Waals surface area contributed by atoms with Crippen molar-refractivity contribution in [2.75, 3.05) is 18.4 Å². The van der Waals surface area contributed by atoms with Gasteiger partial charge in [0.2, 0.25) is 0 Å². The summed E-state index contributed by atoms with van der Waals surface area (Å²) < 4.78 is 0. The summed E-state index contributed by atoms with van der Waals surface area (Å²) in [5.74, 6) is -0.202. The molecule has 26 heavy (non-hydrogen) atoms. The van der Waals surface area contributed by atoms with E-state index in [1.165, 1.54) is 12.5 Å². The van der Waals surface area contributed by atoms with Gasteiger partial charge in [-0.15, -0.1) is 0 Å². The van der Waals surface area contributed by atoms with E-state index in [1.54, 1.807) is 12.3 Å². The highest BCUT2D eigenvalue weighted by molar-refractivity contribution is 6.33. The summed E-state index contributed by atoms with van der Waals surface area (Å²) in [5.41, 5.74) is -0.0722. The molecule has 3 rings (SSSR count). The molecule has 3 N–H and O–H groups in total. The zero-order chi connectivity index (χ0) is 18.6. The second-order valence-corrected chi connectivity index (χ2v) is 7.51. The third-order valence-electron chi connectivity index (χ3n) is 5.24. The van der Waals surface area contributed by atoms with E-state index in [2.05, 4.69) is 15.6 Å². The smallest absolute Gasteiger partial charge is 0.328 e. The average molecular weight is 378 g/mol. The molecule has 1 saturated carbocycles. The van der Waals surface area contributed by atoms with Gasteiger partial charge in [0.25, 0.3) is 0 Å². The largest absolute Gasteiger partial charge is 0.478 e. The van der Waals surface area contributed by atoms with Gasteiger partial charge in [-0.2, -0.15) is 0 Å². The van der Waals surface area contributed by atoms with Crippen molar-refractivity contribution in [2.24, 2.45) is 5.92 Å². The molecule has 1 aliphatic carbocycles. The molecule has 1 saturated heterocycles. The predicted molar refractivity (Wildman–Crippen MR) is 101 cm³/mol. The fourth-order valence-corrected chi connectivity index (χ4v) is 4.08. The molecule has 0 aromatic carbocycles. The van der Waals surface area contributed by atoms with Crippen LogP contribution in [0.1, 0.15) is 44.1 Å². The number of anilines is 1. The Morgan fingerprint density at radius 3 is 2.73 bits per heavy atom. The van der Waals surface area contributed by atoms with E-state index in [0.717, 1.165) is 38.3 Å². The van der Waals surface area contributed by atoms with E-state index >= 15 is 0 Å². The summed E-state index contributed by atoms with van der Waals surface area (Å²) in [4.78, 5) is 28.2. The maximum Gasteiger partial charge on any atom is 0.328 e. The lowest BCUT2D eigenvalue weighted by molar-refractivity contribution is -0.131. The van der Waals surface area contributed by atoms with E-state index in [4.69, 9.17) is 16.7 Å². The number of carboxylic acids is 1. The van der Waals surface area contributed by atoms with Gasteiger partial charge in [-0.05, 0) is 43.5 Å². The molecule has 6 nitrogen and oxygen atoms in total. The zero-order valence-electron chi connectivity index (χ0n) is 14.6. The molecular formula is C19H24ClN3O3. The second-order valence-electron chi connectivity index (χ2n) is 7.10. The molecule has 0 spiro atoms. The molecule has 2 aliphatic rings. The summed E-state index contributed by atoms with van der Waals surface area (Å²) in [6.07, 6.45) is 10.1. The van der Waals surface area contributed by atoms with E-state index in [1.807, 2.05) is 0 Å². The number of aliphatic carboxylic acids is 1. The molecule has 140 valence electrons. The van der Waals surface area contributed by atoms with Crippen LogP contribution in [0.3, 0.4) is 0 Å². The summed E-state index contributed by atoms with van der Waals surface area (Å²) >= 11 is 6.34. The molecule has 0 bridgehead atoms. The van der Waals surface area contributed by atoms with Crippen molar-refractivity contribution < 1.29 is 14.7 Å². The molecule has 1 atom stereocenters. The van der Waals surface area contributed by atoms with Crippen molar-refractivity contribution in [3.8, 4) is 0 Å². The highest BCUT2D eigenvalue weighted by Gasteiger charge is 2.44. The maximum absolute atomic E-state index is 13.2. The Hall–Kier alpha value is -1.92. The number of pyridine rings is 1. The third-order valence-corrected chi connectivity index (χ3v) is 5.53. The SMILES string of the molecule is O=C(O)C=Cc1cnc(N[C@]2(C(=O)C3CCCCC3)CCNC2)c(Cl)c1. The summed E-state index contributed by atoms with van der Waals surface area (Å²) in [6, 6.07) is 1.65. The number of halogens is 1. The molecular weight excluding hydrogens is 354 g/mol. The van der Waals surface area contributed by atoms with Gasteiger partial charge in [-0.1, -0.05) is 30.9 Å². The third kappa shape index (κ3) is 4.24. The van der Waals surface area contributed by atoms with Crippen LogP contribution < -0.4 is 10.6 Å². The van der Waals surface area contributed by atoms with Gasteiger partial charge in [-0.3, -0.25) is 4.79 Å². The van der Waals surface area contributed by atoms with Crippen molar-refractivity contribution >= 4 is 35.2 Å². The predicted octanol–water partition coefficient (Wildman–Crippen LogP) is 3.13. The number of nitrogens with zero attached hydrogens (tertiary/aromatic N) is 1. The van der Waals surface area contributed by atoms with E-state index in [0.29, 0.717) is 29.4 Å². The number of carbonyl (C=O) groups excluding carboxylic acids is 1. The minimum absolute atomic E-state index is 0.104. The lowest BCUT2D eigenvalue weighted by atomic mass is 9.77. The summed E-state index contributed by atoms with van der Waals surface area (Å²) in [7, 11) is 0. The minimum atomic E-state index is -1.03. The first-order valence-electron chi connectivity index (χ1n) is 9.10. The van der Waals surface area contributed by atoms with E-state index < -0.39 is 11.5 Å². The second kappa shape index (κ2) is 8.18. The normalized spacial score (nSPS) is 24.0. The maximum atomic E-state index is 13.2. The van der Waals surface area contributed by atoms with Gasteiger partial charge in [0.15, 0.2) is 5.78 Å². The van der Waals surface area contributed by atoms with Gasteiger partial charge in [0.05, 0.1) is 5.02 Å². The zero-order valence-corrected chi connectivity index (χ0v) is 15.4. The molecule has 0 unspecified atom stereocenters. The number of carboxylic acid groups (broad SMARTS) is 1. The van der Waals surface area contributed by atoms with Crippen LogP contribution in [0, 0.1) is 5.92 Å². The molecule has 7 heteroatoms. The topological polar surface area (TPSA) is 91.3 Å². The Morgan fingerprint density at radius 1 is 1.35 bits per heavy atom. The molecule has 1 aromatic heterocycles. The van der Waals surface area contributed by atoms with Gasteiger partial charge in [0.1, 0.15) is 11.4 Å². The van der Waals surface area contributed by atoms with Gasteiger partial charge in [-0.25, -0.2) is 9.78 Å². The van der Waals surface area contributed by atoms with Crippen LogP contribution in [0.5, 0.6) is 0 Å². The highest BCUT2D eigenvalue weighted by Crippen LogP contribution is 2.34. The number of aromatic nitrogens is 1. The lowest BCUT2D eigenvalue weighted by Gasteiger charge is -2.34. The number of hydrogen-bond donors (Lipinski definition) is 3. The molecule has 0 amide bonds. The molecule has 1 aliphatic heterocycles. The van der Waals surface area contributed by atoms with Gasteiger partial charge < -0.3 is 15.7 Å². The number of ketones is 1. The number of nitrogens with one attached hydrogen (secondary N) is 2. The molecule has 1 aromatic rings. The first-order valence-corrected chi connectivity index (χ1v) is 9.48. The van der Waals surface area contributed by atoms with Crippen molar-refractivity contribution in [2.45, 2.75) is 44.1 Å². The fraction of sp³-hybridized carbons (Fsp3) is 0.526. The van der Waals surface area contributed by atoms with Crippen LogP contribution in [-0.4, -0.2) is 40.5 Å². The number of carbonyl (C=O) groups is 2. The average Bonchev–Trinajstić information content (AvgIpc) is 3.12. The van der Waals surface area contributed by atoms with Crippen molar-refractivity contribution in [1.82, 2.24) is 10.3 Å². The molecule has 2 heterocycles. The first-order chi connectivity index (χ1) is 12.5. The Balaban J connectivity index is 1.79. The van der Waals surface area contributed by atoms with Crippen LogP contribution >= 0.6 is 11.6 Å². The summed E-state index contributed by atoms with van der Waals surface area (Å²) in [6.45, 7) is 1.35. The van der Waals surface area contributed by atoms with E-state index in [9.17, 15) is 9.59 Å². The van der Waals surface area contributed by atoms with Crippen LogP contribution in [-0.2, 0) is 9.59 Å². The summed E-state index contributed by atoms with van der Waals surface area (Å²) in [5, 5.41) is 15.7. The quantitative estimate of drug-likeness (QED) is 0.660. The van der Waals surface area contributed by atoms with Crippen LogP contribution in [0.25, 0.3) is 6.08 Å². The van der Waals surface area contributed by atoms with Crippen LogP contribution in [0.15, 0.2) is 18.3 Å². The Morgan fingerprint density at radius 2 is 2.12 bits per heavy atom. The number of Topliss-reactive ketones (excluding diaryl/α,β-unsaturated/α-hetero) is 1. The molecule has 0 radical (unpaired) electrons. The van der Waals surface area contributed by atoms with Crippen LogP contribution in [0.4, 0.5) is 5.82 Å². The minimum Gasteiger partial charge on any atom is -0.478 e.